The summed E-state index contributed by atoms with van der Waals surface area (Å²) < 4.78 is 0. The van der Waals surface area contributed by atoms with Gasteiger partial charge in [0.2, 0.25) is 5.91 Å². The summed E-state index contributed by atoms with van der Waals surface area (Å²) in [6, 6.07) is 14.4. The summed E-state index contributed by atoms with van der Waals surface area (Å²) in [5.41, 5.74) is 8.68. The van der Waals surface area contributed by atoms with E-state index in [2.05, 4.69) is 5.32 Å². The van der Waals surface area contributed by atoms with Crippen LogP contribution in [0, 0.1) is 0 Å². The third kappa shape index (κ3) is 5.03. The fourth-order valence-electron chi connectivity index (χ4n) is 2.28. The second kappa shape index (κ2) is 7.31. The van der Waals surface area contributed by atoms with Gasteiger partial charge in [-0.1, -0.05) is 24.3 Å². The average Bonchev–Trinajstić information content (AvgIpc) is 2.46. The normalized spacial score (nSPS) is 10.1. The quantitative estimate of drug-likeness (QED) is 0.740. The highest BCUT2D eigenvalue weighted by Gasteiger charge is 2.11. The van der Waals surface area contributed by atoms with Crippen LogP contribution in [0.25, 0.3) is 0 Å². The average molecular weight is 313 g/mol. The van der Waals surface area contributed by atoms with Crippen molar-refractivity contribution in [2.45, 2.75) is 20.0 Å². The number of nitrogens with one attached hydrogen (secondary N) is 1. The van der Waals surface area contributed by atoms with Gasteiger partial charge in [0.05, 0.1) is 0 Å². The molecular weight excluding hydrogens is 294 g/mol. The Hall–Kier alpha value is -3.02. The summed E-state index contributed by atoms with van der Waals surface area (Å²) in [5.74, 6) is -0.0657. The monoisotopic (exact) mass is 313 g/mol. The van der Waals surface area contributed by atoms with Crippen molar-refractivity contribution in [1.29, 1.82) is 0 Å². The molecule has 0 saturated carbocycles. The Kier molecular flexibility index (Phi) is 5.19. The molecule has 0 heterocycles. The summed E-state index contributed by atoms with van der Waals surface area (Å²) in [6.45, 7) is 2.34. The van der Waals surface area contributed by atoms with E-state index in [1.54, 1.807) is 29.2 Å². The van der Waals surface area contributed by atoms with Crippen LogP contribution in [0.15, 0.2) is 48.5 Å². The number of amides is 2. The summed E-state index contributed by atoms with van der Waals surface area (Å²) in [7, 11) is 0. The van der Waals surface area contributed by atoms with Gasteiger partial charge < -0.3 is 15.7 Å². The number of hydrogen-bond acceptors (Lipinski definition) is 3. The van der Waals surface area contributed by atoms with Crippen LogP contribution in [-0.2, 0) is 17.9 Å². The van der Waals surface area contributed by atoms with Crippen molar-refractivity contribution in [3.05, 3.63) is 59.7 Å². The molecule has 0 bridgehead atoms. The summed E-state index contributed by atoms with van der Waals surface area (Å²) in [6.07, 6.45) is -1.12. The first-order valence-electron chi connectivity index (χ1n) is 7.13. The standard InChI is InChI=1S/C17H19N3O3/c1-12(21)20(10-13-4-2-6-15(18)8-13)11-14-5-3-7-16(9-14)19-17(22)23/h2-9,19H,10-11,18H2,1H3,(H,22,23). The highest BCUT2D eigenvalue weighted by molar-refractivity contribution is 5.82. The Morgan fingerprint density at radius 3 is 2.26 bits per heavy atom. The van der Waals surface area contributed by atoms with E-state index in [9.17, 15) is 9.59 Å². The number of benzene rings is 2. The van der Waals surface area contributed by atoms with E-state index in [1.165, 1.54) is 6.92 Å². The number of nitrogen functional groups attached to an aromatic ring is 1. The number of hydrogen-bond donors (Lipinski definition) is 3. The smallest absolute Gasteiger partial charge is 0.409 e. The fraction of sp³-hybridized carbons (Fsp3) is 0.176. The highest BCUT2D eigenvalue weighted by Crippen LogP contribution is 2.16. The van der Waals surface area contributed by atoms with Crippen LogP contribution in [0.1, 0.15) is 18.1 Å². The molecular formula is C17H19N3O3. The highest BCUT2D eigenvalue weighted by atomic mass is 16.4. The second-order valence-electron chi connectivity index (χ2n) is 5.25. The minimum atomic E-state index is -1.12. The van der Waals surface area contributed by atoms with Crippen molar-refractivity contribution in [2.24, 2.45) is 0 Å². The van der Waals surface area contributed by atoms with Gasteiger partial charge in [0.1, 0.15) is 0 Å². The number of carboxylic acid groups (broad SMARTS) is 1. The number of carbonyl (C=O) groups is 2. The Bertz CT molecular complexity index is 716. The van der Waals surface area contributed by atoms with Crippen molar-refractivity contribution in [3.63, 3.8) is 0 Å². The molecule has 0 aliphatic rings. The van der Waals surface area contributed by atoms with E-state index in [1.807, 2.05) is 24.3 Å². The zero-order valence-electron chi connectivity index (χ0n) is 12.8. The van der Waals surface area contributed by atoms with Gasteiger partial charge in [-0.3, -0.25) is 10.1 Å². The van der Waals surface area contributed by atoms with E-state index in [4.69, 9.17) is 10.8 Å². The van der Waals surface area contributed by atoms with Crippen molar-refractivity contribution in [2.75, 3.05) is 11.1 Å². The topological polar surface area (TPSA) is 95.7 Å². The Morgan fingerprint density at radius 1 is 1.09 bits per heavy atom. The van der Waals surface area contributed by atoms with Gasteiger partial charge in [-0.15, -0.1) is 0 Å². The molecule has 0 spiro atoms. The van der Waals surface area contributed by atoms with Crippen molar-refractivity contribution >= 4 is 23.4 Å². The van der Waals surface area contributed by atoms with Gasteiger partial charge in [-0.05, 0) is 35.4 Å². The molecule has 6 nitrogen and oxygen atoms in total. The van der Waals surface area contributed by atoms with Crippen LogP contribution in [0.3, 0.4) is 0 Å². The maximum Gasteiger partial charge on any atom is 0.409 e. The summed E-state index contributed by atoms with van der Waals surface area (Å²) >= 11 is 0. The molecule has 2 rings (SSSR count). The number of nitrogens with zero attached hydrogens (tertiary/aromatic N) is 1. The molecule has 4 N–H and O–H groups in total. The molecule has 23 heavy (non-hydrogen) atoms. The molecule has 2 aromatic rings. The molecule has 6 heteroatoms. The molecule has 0 fully saturated rings. The number of anilines is 2. The van der Waals surface area contributed by atoms with Crippen LogP contribution in [-0.4, -0.2) is 22.0 Å². The van der Waals surface area contributed by atoms with E-state index < -0.39 is 6.09 Å². The minimum Gasteiger partial charge on any atom is -0.465 e. The van der Waals surface area contributed by atoms with Crippen molar-refractivity contribution in [3.8, 4) is 0 Å². The van der Waals surface area contributed by atoms with Gasteiger partial charge >= 0.3 is 6.09 Å². The molecule has 0 aromatic heterocycles. The van der Waals surface area contributed by atoms with E-state index in [0.717, 1.165) is 11.1 Å². The van der Waals surface area contributed by atoms with Gasteiger partial charge in [0.15, 0.2) is 0 Å². The Balaban J connectivity index is 2.13. The number of rotatable bonds is 5. The summed E-state index contributed by atoms with van der Waals surface area (Å²) in [5, 5.41) is 11.1. The fourth-order valence-corrected chi connectivity index (χ4v) is 2.28. The zero-order chi connectivity index (χ0) is 16.8. The van der Waals surface area contributed by atoms with Crippen LogP contribution >= 0.6 is 0 Å². The van der Waals surface area contributed by atoms with Gasteiger partial charge in [-0.2, -0.15) is 0 Å². The number of nitrogens with two attached hydrogens (primary N) is 1. The van der Waals surface area contributed by atoms with Gasteiger partial charge in [-0.25, -0.2) is 4.79 Å². The first-order chi connectivity index (χ1) is 10.9. The lowest BCUT2D eigenvalue weighted by Gasteiger charge is -2.22. The lowest BCUT2D eigenvalue weighted by molar-refractivity contribution is -0.130. The van der Waals surface area contributed by atoms with Crippen LogP contribution in [0.5, 0.6) is 0 Å². The van der Waals surface area contributed by atoms with Crippen LogP contribution < -0.4 is 11.1 Å². The predicted molar refractivity (Wildman–Crippen MR) is 88.9 cm³/mol. The molecule has 2 amide bonds. The lowest BCUT2D eigenvalue weighted by Crippen LogP contribution is -2.27. The SMILES string of the molecule is CC(=O)N(Cc1cccc(N)c1)Cc1cccc(NC(=O)O)c1. The summed E-state index contributed by atoms with van der Waals surface area (Å²) in [4.78, 5) is 24.3. The van der Waals surface area contributed by atoms with E-state index in [-0.39, 0.29) is 5.91 Å². The molecule has 0 radical (unpaired) electrons. The van der Waals surface area contributed by atoms with Crippen LogP contribution in [0.4, 0.5) is 16.2 Å². The Morgan fingerprint density at radius 2 is 1.70 bits per heavy atom. The first kappa shape index (κ1) is 16.4. The van der Waals surface area contributed by atoms with Crippen LogP contribution in [0.2, 0.25) is 0 Å². The third-order valence-electron chi connectivity index (χ3n) is 3.32. The maximum absolute atomic E-state index is 11.9. The second-order valence-corrected chi connectivity index (χ2v) is 5.25. The molecule has 120 valence electrons. The predicted octanol–water partition coefficient (Wildman–Crippen LogP) is 2.91. The molecule has 0 atom stereocenters. The first-order valence-corrected chi connectivity index (χ1v) is 7.13. The van der Waals surface area contributed by atoms with Gasteiger partial charge in [0.25, 0.3) is 0 Å². The van der Waals surface area contributed by atoms with E-state index in [0.29, 0.717) is 24.5 Å². The van der Waals surface area contributed by atoms with Crippen molar-refractivity contribution in [1.82, 2.24) is 4.90 Å². The zero-order valence-corrected chi connectivity index (χ0v) is 12.8. The number of carbonyl (C=O) groups excluding carboxylic acids is 1. The molecule has 0 aliphatic carbocycles. The molecule has 2 aromatic carbocycles. The maximum atomic E-state index is 11.9. The Labute approximate surface area is 134 Å². The van der Waals surface area contributed by atoms with Gasteiger partial charge in [0, 0.05) is 31.4 Å². The van der Waals surface area contributed by atoms with Crippen molar-refractivity contribution < 1.29 is 14.7 Å². The third-order valence-corrected chi connectivity index (χ3v) is 3.32. The van der Waals surface area contributed by atoms with E-state index >= 15 is 0 Å². The molecule has 0 unspecified atom stereocenters. The largest absolute Gasteiger partial charge is 0.465 e. The minimum absolute atomic E-state index is 0.0657. The molecule has 0 saturated heterocycles. The lowest BCUT2D eigenvalue weighted by atomic mass is 10.1. The molecule has 0 aliphatic heterocycles.